The number of benzene rings is 1. The molecule has 0 saturated heterocycles. The Balaban J connectivity index is 1.72. The Morgan fingerprint density at radius 2 is 2.00 bits per heavy atom. The average molecular weight is 494 g/mol. The lowest BCUT2D eigenvalue weighted by Crippen LogP contribution is -2.42. The monoisotopic (exact) mass is 493 g/mol. The summed E-state index contributed by atoms with van der Waals surface area (Å²) in [6.45, 7) is 3.48. The lowest BCUT2D eigenvalue weighted by molar-refractivity contribution is -0.143. The summed E-state index contributed by atoms with van der Waals surface area (Å²) in [6, 6.07) is 10.9. The fourth-order valence-electron chi connectivity index (χ4n) is 2.96. The minimum absolute atomic E-state index is 0.0119. The number of ether oxygens (including phenoxy) is 2. The van der Waals surface area contributed by atoms with Gasteiger partial charge in [-0.2, -0.15) is 17.0 Å². The zero-order chi connectivity index (χ0) is 24.0. The first-order valence-electron chi connectivity index (χ1n) is 10.3. The van der Waals surface area contributed by atoms with E-state index in [1.54, 1.807) is 42.5 Å². The summed E-state index contributed by atoms with van der Waals surface area (Å²) in [4.78, 5) is 17.4. The Bertz CT molecular complexity index is 1170. The van der Waals surface area contributed by atoms with Crippen molar-refractivity contribution >= 4 is 27.5 Å². The van der Waals surface area contributed by atoms with Crippen molar-refractivity contribution < 1.29 is 27.1 Å². The van der Waals surface area contributed by atoms with Crippen molar-refractivity contribution in [2.24, 2.45) is 0 Å². The molecule has 0 N–H and O–H groups in total. The number of nitrogens with zero attached hydrogens (tertiary/aromatic N) is 3. The summed E-state index contributed by atoms with van der Waals surface area (Å²) in [7, 11) is -1.01. The minimum atomic E-state index is -3.84. The highest BCUT2D eigenvalue weighted by Crippen LogP contribution is 2.26. The van der Waals surface area contributed by atoms with Crippen LogP contribution < -0.4 is 4.74 Å². The van der Waals surface area contributed by atoms with Gasteiger partial charge in [0.15, 0.2) is 0 Å². The van der Waals surface area contributed by atoms with Gasteiger partial charge in [0.25, 0.3) is 10.2 Å². The maximum Gasteiger partial charge on any atom is 0.321 e. The first-order valence-corrected chi connectivity index (χ1v) is 12.5. The number of hydrogen-bond acceptors (Lipinski definition) is 8. The summed E-state index contributed by atoms with van der Waals surface area (Å²) in [5, 5.41) is 1.96. The van der Waals surface area contributed by atoms with Gasteiger partial charge in [-0.25, -0.2) is 4.98 Å². The molecule has 33 heavy (non-hydrogen) atoms. The molecule has 0 aliphatic carbocycles. The molecule has 0 amide bonds. The Hall–Kier alpha value is -2.73. The minimum Gasteiger partial charge on any atom is -0.487 e. The van der Waals surface area contributed by atoms with E-state index in [2.05, 4.69) is 4.98 Å². The normalized spacial score (nSPS) is 11.8. The molecule has 3 rings (SSSR count). The molecule has 9 nitrogen and oxygen atoms in total. The predicted molar refractivity (Wildman–Crippen MR) is 125 cm³/mol. The molecule has 11 heteroatoms. The van der Waals surface area contributed by atoms with E-state index in [4.69, 9.17) is 13.9 Å². The summed E-state index contributed by atoms with van der Waals surface area (Å²) in [5.41, 5.74) is 1.35. The lowest BCUT2D eigenvalue weighted by atomic mass is 10.2. The number of rotatable bonds is 11. The number of aryl methyl sites for hydroxylation is 1. The summed E-state index contributed by atoms with van der Waals surface area (Å²) >= 11 is 1.54. The smallest absolute Gasteiger partial charge is 0.321 e. The van der Waals surface area contributed by atoms with Gasteiger partial charge < -0.3 is 13.9 Å². The third-order valence-corrected chi connectivity index (χ3v) is 7.35. The Labute approximate surface area is 197 Å². The van der Waals surface area contributed by atoms with E-state index in [0.29, 0.717) is 28.7 Å². The average Bonchev–Trinajstić information content (AvgIpc) is 3.42. The Morgan fingerprint density at radius 1 is 1.21 bits per heavy atom. The van der Waals surface area contributed by atoms with Crippen molar-refractivity contribution in [2.75, 3.05) is 27.2 Å². The van der Waals surface area contributed by atoms with Crippen molar-refractivity contribution in [3.63, 3.8) is 0 Å². The zero-order valence-corrected chi connectivity index (χ0v) is 20.6. The highest BCUT2D eigenvalue weighted by atomic mass is 32.2. The number of aromatic nitrogens is 1. The van der Waals surface area contributed by atoms with Crippen LogP contribution in [0.1, 0.15) is 23.9 Å². The van der Waals surface area contributed by atoms with Crippen molar-refractivity contribution in [1.82, 2.24) is 13.6 Å². The second-order valence-corrected chi connectivity index (χ2v) is 10.4. The number of carbonyl (C=O) groups is 1. The van der Waals surface area contributed by atoms with Gasteiger partial charge in [-0.1, -0.05) is 18.2 Å². The van der Waals surface area contributed by atoms with Gasteiger partial charge in [0.1, 0.15) is 30.4 Å². The van der Waals surface area contributed by atoms with Crippen LogP contribution in [-0.2, 0) is 32.9 Å². The largest absolute Gasteiger partial charge is 0.487 e. The maximum absolute atomic E-state index is 12.7. The van der Waals surface area contributed by atoms with Crippen LogP contribution in [0.2, 0.25) is 0 Å². The van der Waals surface area contributed by atoms with Crippen LogP contribution in [0.15, 0.2) is 46.2 Å². The third kappa shape index (κ3) is 6.41. The quantitative estimate of drug-likeness (QED) is 0.377. The predicted octanol–water partition coefficient (Wildman–Crippen LogP) is 3.46. The molecule has 0 fully saturated rings. The van der Waals surface area contributed by atoms with Gasteiger partial charge >= 0.3 is 5.97 Å². The van der Waals surface area contributed by atoms with Crippen molar-refractivity contribution in [3.8, 4) is 16.5 Å². The van der Waals surface area contributed by atoms with E-state index in [-0.39, 0.29) is 26.3 Å². The van der Waals surface area contributed by atoms with Crippen LogP contribution in [0, 0.1) is 6.92 Å². The van der Waals surface area contributed by atoms with E-state index in [1.165, 1.54) is 14.1 Å². The fourth-order valence-corrected chi connectivity index (χ4v) is 4.65. The van der Waals surface area contributed by atoms with E-state index < -0.39 is 16.2 Å². The number of hydrogen-bond donors (Lipinski definition) is 0. The topological polar surface area (TPSA) is 102 Å². The van der Waals surface area contributed by atoms with Crippen LogP contribution in [-0.4, -0.2) is 55.2 Å². The molecule has 0 unspecified atom stereocenters. The molecule has 0 radical (unpaired) electrons. The summed E-state index contributed by atoms with van der Waals surface area (Å²) in [5.74, 6) is 1.16. The number of carbonyl (C=O) groups excluding carboxylic acids is 1. The molecule has 3 aromatic rings. The van der Waals surface area contributed by atoms with Gasteiger partial charge in [-0.15, -0.1) is 11.3 Å². The molecule has 2 heterocycles. The first kappa shape index (κ1) is 24.9. The molecule has 1 aromatic carbocycles. The van der Waals surface area contributed by atoms with E-state index in [1.807, 2.05) is 24.4 Å². The number of oxazole rings is 1. The maximum atomic E-state index is 12.7. The second-order valence-electron chi connectivity index (χ2n) is 7.30. The summed E-state index contributed by atoms with van der Waals surface area (Å²) < 4.78 is 44.1. The molecular weight excluding hydrogens is 466 g/mol. The molecule has 2 aromatic heterocycles. The third-order valence-electron chi connectivity index (χ3n) is 4.66. The van der Waals surface area contributed by atoms with Crippen molar-refractivity contribution in [2.45, 2.75) is 27.0 Å². The van der Waals surface area contributed by atoms with Gasteiger partial charge in [0.05, 0.1) is 11.5 Å². The van der Waals surface area contributed by atoms with E-state index in [9.17, 15) is 13.2 Å². The zero-order valence-electron chi connectivity index (χ0n) is 19.0. The molecule has 0 saturated carbocycles. The van der Waals surface area contributed by atoms with E-state index >= 15 is 0 Å². The second kappa shape index (κ2) is 10.9. The SMILES string of the molecule is CCOC(=O)CN(Cc1cccc(OCc2nc(-c3cccs3)oc2C)c1)S(=O)(=O)N(C)C. The van der Waals surface area contributed by atoms with Crippen LogP contribution >= 0.6 is 11.3 Å². The summed E-state index contributed by atoms with van der Waals surface area (Å²) in [6.07, 6.45) is 0. The molecule has 0 aliphatic heterocycles. The molecule has 0 spiro atoms. The van der Waals surface area contributed by atoms with Gasteiger partial charge in [-0.3, -0.25) is 4.79 Å². The van der Waals surface area contributed by atoms with Gasteiger partial charge in [0, 0.05) is 20.6 Å². The first-order chi connectivity index (χ1) is 15.7. The lowest BCUT2D eigenvalue weighted by Gasteiger charge is -2.24. The number of esters is 1. The van der Waals surface area contributed by atoms with Gasteiger partial charge in [-0.05, 0) is 43.0 Å². The van der Waals surface area contributed by atoms with Crippen LogP contribution in [0.5, 0.6) is 5.75 Å². The standard InChI is InChI=1S/C22H27N3O6S2/c1-5-29-21(26)14-25(33(27,28)24(3)4)13-17-8-6-9-18(12-17)30-15-19-16(2)31-22(23-19)20-10-7-11-32-20/h6-12H,5,13-15H2,1-4H3. The highest BCUT2D eigenvalue weighted by Gasteiger charge is 2.27. The van der Waals surface area contributed by atoms with Crippen LogP contribution in [0.4, 0.5) is 0 Å². The van der Waals surface area contributed by atoms with Crippen LogP contribution in [0.25, 0.3) is 10.8 Å². The fraction of sp³-hybridized carbons (Fsp3) is 0.364. The van der Waals surface area contributed by atoms with E-state index in [0.717, 1.165) is 13.5 Å². The Kier molecular flexibility index (Phi) is 8.25. The van der Waals surface area contributed by atoms with Crippen molar-refractivity contribution in [3.05, 3.63) is 58.8 Å². The molecule has 0 atom stereocenters. The molecular formula is C22H27N3O6S2. The molecule has 178 valence electrons. The highest BCUT2D eigenvalue weighted by molar-refractivity contribution is 7.86. The Morgan fingerprint density at radius 3 is 2.67 bits per heavy atom. The molecule has 0 aliphatic rings. The van der Waals surface area contributed by atoms with Crippen LogP contribution in [0.3, 0.4) is 0 Å². The number of thiophene rings is 1. The van der Waals surface area contributed by atoms with Gasteiger partial charge in [0.2, 0.25) is 5.89 Å². The molecule has 0 bridgehead atoms. The van der Waals surface area contributed by atoms with Crippen molar-refractivity contribution in [1.29, 1.82) is 0 Å².